The number of nitrogens with zero attached hydrogens (tertiary/aromatic N) is 3. The van der Waals surface area contributed by atoms with Crippen molar-refractivity contribution < 1.29 is 4.79 Å². The number of para-hydroxylation sites is 1. The molecule has 2 aromatic carbocycles. The van der Waals surface area contributed by atoms with Gasteiger partial charge in [0.25, 0.3) is 11.5 Å². The average Bonchev–Trinajstić information content (AvgIpc) is 2.72. The third-order valence-electron chi connectivity index (χ3n) is 5.26. The van der Waals surface area contributed by atoms with Gasteiger partial charge in [0.1, 0.15) is 6.17 Å². The van der Waals surface area contributed by atoms with E-state index in [2.05, 4.69) is 5.32 Å². The fourth-order valence-corrected chi connectivity index (χ4v) is 3.62. The monoisotopic (exact) mass is 390 g/mol. The number of amides is 1. The maximum Gasteiger partial charge on any atom is 0.330 e. The lowest BCUT2D eigenvalue weighted by atomic mass is 10.0. The van der Waals surface area contributed by atoms with E-state index in [9.17, 15) is 14.4 Å². The first kappa shape index (κ1) is 18.7. The van der Waals surface area contributed by atoms with Crippen LogP contribution in [0.4, 0.5) is 5.69 Å². The van der Waals surface area contributed by atoms with Crippen LogP contribution in [0.15, 0.2) is 64.3 Å². The molecule has 0 bridgehead atoms. The van der Waals surface area contributed by atoms with Crippen molar-refractivity contribution in [3.8, 4) is 0 Å². The third-order valence-corrected chi connectivity index (χ3v) is 5.26. The van der Waals surface area contributed by atoms with Crippen LogP contribution in [0.1, 0.15) is 33.2 Å². The number of carbonyl (C=O) groups is 1. The Morgan fingerprint density at radius 2 is 1.66 bits per heavy atom. The zero-order valence-corrected chi connectivity index (χ0v) is 16.5. The Hall–Kier alpha value is -3.61. The van der Waals surface area contributed by atoms with Crippen LogP contribution in [0.5, 0.6) is 0 Å². The minimum Gasteiger partial charge on any atom is -0.361 e. The molecule has 148 valence electrons. The maximum atomic E-state index is 13.3. The Bertz CT molecular complexity index is 1210. The standard InChI is InChI=1S/C22H22N4O3/c1-14-8-10-15(11-9-14)12-26-19(17-13-24(2)22(29)25(3)20(17)27)23-18-7-5-4-6-16(18)21(26)28/h4-11,13,19,23H,12H2,1-3H3/t19-/m1/s1. The van der Waals surface area contributed by atoms with Crippen LogP contribution in [0.25, 0.3) is 0 Å². The molecular formula is C22H22N4O3. The van der Waals surface area contributed by atoms with Gasteiger partial charge in [-0.3, -0.25) is 14.2 Å². The van der Waals surface area contributed by atoms with Crippen molar-refractivity contribution in [3.05, 3.63) is 97.8 Å². The number of benzene rings is 2. The fourth-order valence-electron chi connectivity index (χ4n) is 3.62. The first-order chi connectivity index (χ1) is 13.9. The van der Waals surface area contributed by atoms with E-state index in [4.69, 9.17) is 0 Å². The Morgan fingerprint density at radius 1 is 0.966 bits per heavy atom. The summed E-state index contributed by atoms with van der Waals surface area (Å²) in [6.45, 7) is 2.34. The number of nitrogens with one attached hydrogen (secondary N) is 1. The topological polar surface area (TPSA) is 76.3 Å². The first-order valence-electron chi connectivity index (χ1n) is 9.35. The summed E-state index contributed by atoms with van der Waals surface area (Å²) in [4.78, 5) is 40.0. The second-order valence-electron chi connectivity index (χ2n) is 7.35. The normalized spacial score (nSPS) is 15.8. The van der Waals surface area contributed by atoms with Gasteiger partial charge in [-0.15, -0.1) is 0 Å². The van der Waals surface area contributed by atoms with Gasteiger partial charge in [0.05, 0.1) is 11.1 Å². The molecule has 3 aromatic rings. The van der Waals surface area contributed by atoms with Crippen molar-refractivity contribution in [1.82, 2.24) is 14.0 Å². The van der Waals surface area contributed by atoms with E-state index < -0.39 is 17.4 Å². The van der Waals surface area contributed by atoms with Gasteiger partial charge >= 0.3 is 5.69 Å². The van der Waals surface area contributed by atoms with Crippen LogP contribution >= 0.6 is 0 Å². The highest BCUT2D eigenvalue weighted by molar-refractivity contribution is 6.01. The molecule has 0 unspecified atom stereocenters. The molecule has 1 amide bonds. The highest BCUT2D eigenvalue weighted by Crippen LogP contribution is 2.32. The molecule has 29 heavy (non-hydrogen) atoms. The number of hydrogen-bond donors (Lipinski definition) is 1. The summed E-state index contributed by atoms with van der Waals surface area (Å²) >= 11 is 0. The quantitative estimate of drug-likeness (QED) is 0.744. The molecule has 0 aliphatic carbocycles. The van der Waals surface area contributed by atoms with Crippen LogP contribution in [0.3, 0.4) is 0 Å². The van der Waals surface area contributed by atoms with Crippen molar-refractivity contribution >= 4 is 11.6 Å². The van der Waals surface area contributed by atoms with E-state index in [0.717, 1.165) is 15.7 Å². The zero-order valence-electron chi connectivity index (χ0n) is 16.5. The van der Waals surface area contributed by atoms with Gasteiger partial charge < -0.3 is 14.8 Å². The van der Waals surface area contributed by atoms with E-state index in [1.165, 1.54) is 17.8 Å². The fraction of sp³-hybridized carbons (Fsp3) is 0.227. The Balaban J connectivity index is 1.85. The molecule has 7 heteroatoms. The minimum absolute atomic E-state index is 0.166. The number of fused-ring (bicyclic) bond motifs is 1. The average molecular weight is 390 g/mol. The second kappa shape index (κ2) is 7.09. The number of aryl methyl sites for hydroxylation is 2. The van der Waals surface area contributed by atoms with Gasteiger partial charge in [-0.05, 0) is 24.6 Å². The number of hydrogen-bond acceptors (Lipinski definition) is 4. The summed E-state index contributed by atoms with van der Waals surface area (Å²) < 4.78 is 2.42. The van der Waals surface area contributed by atoms with Crippen molar-refractivity contribution in [1.29, 1.82) is 0 Å². The predicted molar refractivity (Wildman–Crippen MR) is 111 cm³/mol. The van der Waals surface area contributed by atoms with Gasteiger partial charge in [0, 0.05) is 32.5 Å². The summed E-state index contributed by atoms with van der Waals surface area (Å²) in [5.74, 6) is -0.166. The van der Waals surface area contributed by atoms with Gasteiger partial charge in [0.15, 0.2) is 0 Å². The second-order valence-corrected chi connectivity index (χ2v) is 7.35. The molecule has 0 radical (unpaired) electrons. The summed E-state index contributed by atoms with van der Waals surface area (Å²) in [7, 11) is 3.03. The van der Waals surface area contributed by atoms with Crippen molar-refractivity contribution in [2.24, 2.45) is 14.1 Å². The molecule has 1 aliphatic rings. The van der Waals surface area contributed by atoms with Crippen molar-refractivity contribution in [2.75, 3.05) is 5.32 Å². The summed E-state index contributed by atoms with van der Waals surface area (Å²) in [5.41, 5.74) is 2.81. The molecule has 1 aromatic heterocycles. The largest absolute Gasteiger partial charge is 0.361 e. The number of carbonyl (C=O) groups excluding carboxylic acids is 1. The molecule has 1 aliphatic heterocycles. The van der Waals surface area contributed by atoms with Gasteiger partial charge in [-0.1, -0.05) is 42.0 Å². The molecule has 2 heterocycles. The third kappa shape index (κ3) is 3.24. The smallest absolute Gasteiger partial charge is 0.330 e. The van der Waals surface area contributed by atoms with Gasteiger partial charge in [0.2, 0.25) is 0 Å². The lowest BCUT2D eigenvalue weighted by Gasteiger charge is -2.38. The highest BCUT2D eigenvalue weighted by Gasteiger charge is 2.34. The Labute approximate surface area is 167 Å². The molecular weight excluding hydrogens is 368 g/mol. The lowest BCUT2D eigenvalue weighted by Crippen LogP contribution is -2.47. The van der Waals surface area contributed by atoms with Crippen LogP contribution < -0.4 is 16.6 Å². The number of aromatic nitrogens is 2. The van der Waals surface area contributed by atoms with E-state index in [-0.39, 0.29) is 5.91 Å². The highest BCUT2D eigenvalue weighted by atomic mass is 16.2. The summed E-state index contributed by atoms with van der Waals surface area (Å²) in [6.07, 6.45) is 0.815. The van der Waals surface area contributed by atoms with Gasteiger partial charge in [-0.25, -0.2) is 4.79 Å². The van der Waals surface area contributed by atoms with Crippen LogP contribution in [-0.2, 0) is 20.6 Å². The first-order valence-corrected chi connectivity index (χ1v) is 9.35. The molecule has 4 rings (SSSR count). The van der Waals surface area contributed by atoms with E-state index in [1.54, 1.807) is 18.0 Å². The van der Waals surface area contributed by atoms with Crippen LogP contribution in [0.2, 0.25) is 0 Å². The van der Waals surface area contributed by atoms with E-state index >= 15 is 0 Å². The maximum absolute atomic E-state index is 13.3. The molecule has 0 saturated carbocycles. The van der Waals surface area contributed by atoms with Crippen molar-refractivity contribution in [3.63, 3.8) is 0 Å². The molecule has 0 fully saturated rings. The molecule has 7 nitrogen and oxygen atoms in total. The van der Waals surface area contributed by atoms with Crippen LogP contribution in [0, 0.1) is 6.92 Å². The number of anilines is 1. The predicted octanol–water partition coefficient (Wildman–Crippen LogP) is 2.16. The lowest BCUT2D eigenvalue weighted by molar-refractivity contribution is 0.0664. The zero-order chi connectivity index (χ0) is 20.7. The SMILES string of the molecule is Cc1ccc(CN2C(=O)c3ccccc3N[C@H]2c2cn(C)c(=O)n(C)c2=O)cc1. The number of rotatable bonds is 3. The van der Waals surface area contributed by atoms with Crippen LogP contribution in [-0.4, -0.2) is 19.9 Å². The Morgan fingerprint density at radius 3 is 2.38 bits per heavy atom. The van der Waals surface area contributed by atoms with E-state index in [1.807, 2.05) is 49.4 Å². The summed E-state index contributed by atoms with van der Waals surface area (Å²) in [6, 6.07) is 15.2. The van der Waals surface area contributed by atoms with E-state index in [0.29, 0.717) is 23.4 Å². The van der Waals surface area contributed by atoms with Gasteiger partial charge in [-0.2, -0.15) is 0 Å². The molecule has 1 atom stereocenters. The molecule has 0 spiro atoms. The summed E-state index contributed by atoms with van der Waals surface area (Å²) in [5, 5.41) is 3.32. The minimum atomic E-state index is -0.691. The molecule has 1 N–H and O–H groups in total. The molecule has 0 saturated heterocycles. The Kier molecular flexibility index (Phi) is 4.58. The van der Waals surface area contributed by atoms with Crippen molar-refractivity contribution in [2.45, 2.75) is 19.6 Å².